The first-order valence-electron chi connectivity index (χ1n) is 5.26. The Morgan fingerprint density at radius 1 is 1.00 bits per heavy atom. The van der Waals surface area contributed by atoms with Gasteiger partial charge in [0.2, 0.25) is 0 Å². The van der Waals surface area contributed by atoms with Crippen LogP contribution in [0.15, 0.2) is 30.5 Å². The molecule has 2 rings (SSSR count). The van der Waals surface area contributed by atoms with Crippen LogP contribution >= 0.6 is 0 Å². The van der Waals surface area contributed by atoms with Crippen molar-refractivity contribution in [1.82, 2.24) is 9.97 Å². The number of ether oxygens (including phenoxy) is 2. The second kappa shape index (κ2) is 4.82. The fraction of sp³-hybridized carbons (Fsp3) is 0.231. The summed E-state index contributed by atoms with van der Waals surface area (Å²) in [5, 5.41) is 0. The Bertz CT molecular complexity index is 527. The molecule has 88 valence electrons. The highest BCUT2D eigenvalue weighted by Crippen LogP contribution is 2.30. The van der Waals surface area contributed by atoms with Crippen LogP contribution in [0.2, 0.25) is 0 Å². The predicted octanol–water partition coefficient (Wildman–Crippen LogP) is 2.47. The van der Waals surface area contributed by atoms with Gasteiger partial charge in [-0.2, -0.15) is 0 Å². The van der Waals surface area contributed by atoms with Gasteiger partial charge in [0.05, 0.1) is 14.2 Å². The average molecular weight is 230 g/mol. The summed E-state index contributed by atoms with van der Waals surface area (Å²) in [6, 6.07) is 7.49. The Morgan fingerprint density at radius 3 is 2.41 bits per heavy atom. The van der Waals surface area contributed by atoms with Crippen molar-refractivity contribution >= 4 is 0 Å². The zero-order chi connectivity index (χ0) is 12.3. The number of benzene rings is 1. The monoisotopic (exact) mass is 230 g/mol. The molecule has 4 heteroatoms. The van der Waals surface area contributed by atoms with Gasteiger partial charge in [-0.15, -0.1) is 0 Å². The van der Waals surface area contributed by atoms with Crippen molar-refractivity contribution in [2.24, 2.45) is 0 Å². The van der Waals surface area contributed by atoms with Crippen LogP contribution in [0, 0.1) is 6.92 Å². The van der Waals surface area contributed by atoms with E-state index < -0.39 is 0 Å². The number of methoxy groups -OCH3 is 2. The molecule has 0 fully saturated rings. The lowest BCUT2D eigenvalue weighted by Crippen LogP contribution is -1.94. The van der Waals surface area contributed by atoms with E-state index in [4.69, 9.17) is 9.47 Å². The minimum absolute atomic E-state index is 0.676. The van der Waals surface area contributed by atoms with Gasteiger partial charge in [0.1, 0.15) is 0 Å². The molecule has 0 atom stereocenters. The summed E-state index contributed by atoms with van der Waals surface area (Å²) in [5.41, 5.74) is 1.84. The molecule has 4 nitrogen and oxygen atoms in total. The SMILES string of the molecule is COc1ccc(-c2nccc(C)n2)cc1OC. The standard InChI is InChI=1S/C13H14N2O2/c1-9-6-7-14-13(15-9)10-4-5-11(16-2)12(8-10)17-3/h4-8H,1-3H3. The first-order valence-corrected chi connectivity index (χ1v) is 5.26. The minimum Gasteiger partial charge on any atom is -0.493 e. The van der Waals surface area contributed by atoms with E-state index in [1.165, 1.54) is 0 Å². The second-order valence-electron chi connectivity index (χ2n) is 3.59. The molecule has 1 heterocycles. The summed E-state index contributed by atoms with van der Waals surface area (Å²) in [4.78, 5) is 8.60. The van der Waals surface area contributed by atoms with E-state index in [1.54, 1.807) is 20.4 Å². The lowest BCUT2D eigenvalue weighted by molar-refractivity contribution is 0.355. The van der Waals surface area contributed by atoms with Crippen LogP contribution in [-0.4, -0.2) is 24.2 Å². The second-order valence-corrected chi connectivity index (χ2v) is 3.59. The molecule has 1 aromatic carbocycles. The summed E-state index contributed by atoms with van der Waals surface area (Å²) in [6.07, 6.45) is 1.74. The fourth-order valence-corrected chi connectivity index (χ4v) is 1.56. The Labute approximate surface area is 100 Å². The molecular formula is C13H14N2O2. The summed E-state index contributed by atoms with van der Waals surface area (Å²) in [6.45, 7) is 1.94. The molecule has 0 aliphatic heterocycles. The third-order valence-corrected chi connectivity index (χ3v) is 2.44. The van der Waals surface area contributed by atoms with Gasteiger partial charge >= 0.3 is 0 Å². The van der Waals surface area contributed by atoms with Crippen molar-refractivity contribution in [3.05, 3.63) is 36.2 Å². The van der Waals surface area contributed by atoms with E-state index in [-0.39, 0.29) is 0 Å². The first kappa shape index (κ1) is 11.4. The van der Waals surface area contributed by atoms with Gasteiger partial charge in [-0.05, 0) is 31.2 Å². The molecule has 0 bridgehead atoms. The average Bonchev–Trinajstić information content (AvgIpc) is 2.38. The quantitative estimate of drug-likeness (QED) is 0.812. The molecule has 1 aromatic heterocycles. The van der Waals surface area contributed by atoms with Crippen molar-refractivity contribution in [2.45, 2.75) is 6.92 Å². The Morgan fingerprint density at radius 2 is 1.76 bits per heavy atom. The van der Waals surface area contributed by atoms with Gasteiger partial charge in [-0.3, -0.25) is 0 Å². The molecule has 0 spiro atoms. The number of hydrogen-bond acceptors (Lipinski definition) is 4. The minimum atomic E-state index is 0.676. The number of hydrogen-bond donors (Lipinski definition) is 0. The van der Waals surface area contributed by atoms with Crippen LogP contribution < -0.4 is 9.47 Å². The zero-order valence-corrected chi connectivity index (χ0v) is 10.1. The molecular weight excluding hydrogens is 216 g/mol. The summed E-state index contributed by atoms with van der Waals surface area (Å²) in [7, 11) is 3.22. The molecule has 17 heavy (non-hydrogen) atoms. The molecule has 0 radical (unpaired) electrons. The fourth-order valence-electron chi connectivity index (χ4n) is 1.56. The number of aromatic nitrogens is 2. The van der Waals surface area contributed by atoms with Gasteiger partial charge in [0.25, 0.3) is 0 Å². The molecule has 0 saturated carbocycles. The zero-order valence-electron chi connectivity index (χ0n) is 10.1. The van der Waals surface area contributed by atoms with Crippen molar-refractivity contribution in [3.63, 3.8) is 0 Å². The van der Waals surface area contributed by atoms with Crippen molar-refractivity contribution in [2.75, 3.05) is 14.2 Å². The van der Waals surface area contributed by atoms with Crippen molar-refractivity contribution in [1.29, 1.82) is 0 Å². The molecule has 0 aliphatic carbocycles. The van der Waals surface area contributed by atoms with Crippen LogP contribution in [0.4, 0.5) is 0 Å². The Balaban J connectivity index is 2.46. The van der Waals surface area contributed by atoms with E-state index in [9.17, 15) is 0 Å². The summed E-state index contributed by atoms with van der Waals surface area (Å²) < 4.78 is 10.4. The topological polar surface area (TPSA) is 44.2 Å². The highest BCUT2D eigenvalue weighted by atomic mass is 16.5. The smallest absolute Gasteiger partial charge is 0.161 e. The van der Waals surface area contributed by atoms with Gasteiger partial charge in [0, 0.05) is 17.5 Å². The summed E-state index contributed by atoms with van der Waals surface area (Å²) >= 11 is 0. The van der Waals surface area contributed by atoms with Crippen LogP contribution in [0.3, 0.4) is 0 Å². The highest BCUT2D eigenvalue weighted by molar-refractivity contribution is 5.61. The Hall–Kier alpha value is -2.10. The summed E-state index contributed by atoms with van der Waals surface area (Å²) in [5.74, 6) is 2.06. The van der Waals surface area contributed by atoms with Crippen molar-refractivity contribution in [3.8, 4) is 22.9 Å². The molecule has 2 aromatic rings. The largest absolute Gasteiger partial charge is 0.493 e. The predicted molar refractivity (Wildman–Crippen MR) is 65.3 cm³/mol. The molecule has 0 N–H and O–H groups in total. The maximum absolute atomic E-state index is 5.25. The number of nitrogens with zero attached hydrogens (tertiary/aromatic N) is 2. The maximum Gasteiger partial charge on any atom is 0.161 e. The normalized spacial score (nSPS) is 10.1. The number of aryl methyl sites for hydroxylation is 1. The van der Waals surface area contributed by atoms with E-state index in [1.807, 2.05) is 31.2 Å². The molecule has 0 aliphatic rings. The molecule has 0 saturated heterocycles. The molecule has 0 unspecified atom stereocenters. The van der Waals surface area contributed by atoms with Gasteiger partial charge < -0.3 is 9.47 Å². The van der Waals surface area contributed by atoms with Crippen LogP contribution in [-0.2, 0) is 0 Å². The third kappa shape index (κ3) is 2.36. The van der Waals surface area contributed by atoms with Gasteiger partial charge in [-0.25, -0.2) is 9.97 Å². The van der Waals surface area contributed by atoms with Gasteiger partial charge in [0.15, 0.2) is 17.3 Å². The van der Waals surface area contributed by atoms with Crippen LogP contribution in [0.25, 0.3) is 11.4 Å². The lowest BCUT2D eigenvalue weighted by Gasteiger charge is -2.08. The third-order valence-electron chi connectivity index (χ3n) is 2.44. The Kier molecular flexibility index (Phi) is 3.23. The van der Waals surface area contributed by atoms with E-state index in [0.717, 1.165) is 11.3 Å². The lowest BCUT2D eigenvalue weighted by atomic mass is 10.2. The van der Waals surface area contributed by atoms with E-state index in [2.05, 4.69) is 9.97 Å². The van der Waals surface area contributed by atoms with E-state index >= 15 is 0 Å². The maximum atomic E-state index is 5.25. The van der Waals surface area contributed by atoms with Crippen LogP contribution in [0.5, 0.6) is 11.5 Å². The first-order chi connectivity index (χ1) is 8.24. The highest BCUT2D eigenvalue weighted by Gasteiger charge is 2.07. The van der Waals surface area contributed by atoms with Crippen molar-refractivity contribution < 1.29 is 9.47 Å². The van der Waals surface area contributed by atoms with Gasteiger partial charge in [-0.1, -0.05) is 0 Å². The van der Waals surface area contributed by atoms with E-state index in [0.29, 0.717) is 17.3 Å². The molecule has 0 amide bonds. The van der Waals surface area contributed by atoms with Crippen LogP contribution in [0.1, 0.15) is 5.69 Å². The number of rotatable bonds is 3.